The van der Waals surface area contributed by atoms with Crippen LogP contribution in [0.15, 0.2) is 12.3 Å². The summed E-state index contributed by atoms with van der Waals surface area (Å²) < 4.78 is 26.8. The zero-order chi connectivity index (χ0) is 26.1. The van der Waals surface area contributed by atoms with Gasteiger partial charge in [-0.3, -0.25) is 14.4 Å². The zero-order valence-electron chi connectivity index (χ0n) is 20.9. The molecule has 1 N–H and O–H groups in total. The highest BCUT2D eigenvalue weighted by Gasteiger charge is 2.34. The minimum atomic E-state index is -0.932. The normalized spacial score (nSPS) is 22.9. The van der Waals surface area contributed by atoms with Crippen LogP contribution in [0.5, 0.6) is 11.5 Å². The Morgan fingerprint density at radius 3 is 2.50 bits per heavy atom. The molecule has 0 radical (unpaired) electrons. The summed E-state index contributed by atoms with van der Waals surface area (Å²) in [4.78, 5) is 53.6. The Kier molecular flexibility index (Phi) is 9.89. The van der Waals surface area contributed by atoms with Crippen LogP contribution in [0, 0.1) is 5.92 Å². The van der Waals surface area contributed by atoms with Crippen LogP contribution in [0.2, 0.25) is 0 Å². The van der Waals surface area contributed by atoms with E-state index in [0.29, 0.717) is 25.7 Å². The molecule has 11 nitrogen and oxygen atoms in total. The minimum absolute atomic E-state index is 0.0255. The lowest BCUT2D eigenvalue weighted by Crippen LogP contribution is -2.44. The fraction of sp³-hybridized carbons (Fsp3) is 0.640. The van der Waals surface area contributed by atoms with Crippen molar-refractivity contribution < 1.29 is 42.9 Å². The highest BCUT2D eigenvalue weighted by molar-refractivity contribution is 5.98. The second-order valence-corrected chi connectivity index (χ2v) is 9.00. The number of nitrogens with zero attached hydrogens (tertiary/aromatic N) is 1. The summed E-state index contributed by atoms with van der Waals surface area (Å²) in [6.45, 7) is 2.47. The Bertz CT molecular complexity index is 945. The Morgan fingerprint density at radius 2 is 1.81 bits per heavy atom. The fourth-order valence-corrected chi connectivity index (χ4v) is 4.37. The van der Waals surface area contributed by atoms with Gasteiger partial charge in [0.15, 0.2) is 17.2 Å². The van der Waals surface area contributed by atoms with Crippen LogP contribution in [0.1, 0.15) is 75.7 Å². The number of esters is 3. The summed E-state index contributed by atoms with van der Waals surface area (Å²) in [6.07, 6.45) is 6.11. The summed E-state index contributed by atoms with van der Waals surface area (Å²) in [7, 11) is 1.39. The number of carbonyl (C=O) groups excluding carboxylic acids is 4. The van der Waals surface area contributed by atoms with Crippen LogP contribution in [-0.4, -0.2) is 61.0 Å². The van der Waals surface area contributed by atoms with E-state index in [1.165, 1.54) is 26.3 Å². The maximum Gasteiger partial charge on any atom is 0.329 e. The average Bonchev–Trinajstić information content (AvgIpc) is 3.40. The molecule has 3 atom stereocenters. The Morgan fingerprint density at radius 1 is 1.11 bits per heavy atom. The van der Waals surface area contributed by atoms with Gasteiger partial charge in [0.05, 0.1) is 13.0 Å². The number of rotatable bonds is 8. The molecule has 0 unspecified atom stereocenters. The maximum absolute atomic E-state index is 13.1. The van der Waals surface area contributed by atoms with Gasteiger partial charge in [0.2, 0.25) is 6.79 Å². The Hall–Kier alpha value is -3.37. The average molecular weight is 507 g/mol. The van der Waals surface area contributed by atoms with Gasteiger partial charge in [-0.05, 0) is 39.0 Å². The molecular formula is C25H34N2O9. The number of nitrogens with one attached hydrogen (secondary N) is 1. The standard InChI is InChI=1S/C25H34N2O9/c1-15-19(36-24(30)17-8-4-5-9-17)11-7-6-10-18(25(31)35-15)27-23(29)21-22(34-14-33-16(2)28)20(32-3)12-13-26-21/h12-13,15,17-19H,4-11,14H2,1-3H3,(H,27,29)/t15-,18-,19+/m0/s1. The zero-order valence-corrected chi connectivity index (χ0v) is 20.9. The van der Waals surface area contributed by atoms with Gasteiger partial charge in [-0.15, -0.1) is 0 Å². The molecule has 2 aliphatic rings. The van der Waals surface area contributed by atoms with E-state index < -0.39 is 42.9 Å². The van der Waals surface area contributed by atoms with Crippen LogP contribution in [0.4, 0.5) is 0 Å². The number of hydrogen-bond donors (Lipinski definition) is 1. The molecule has 1 aliphatic heterocycles. The first kappa shape index (κ1) is 27.2. The van der Waals surface area contributed by atoms with E-state index in [4.69, 9.17) is 23.7 Å². The smallest absolute Gasteiger partial charge is 0.329 e. The second-order valence-electron chi connectivity index (χ2n) is 9.00. The van der Waals surface area contributed by atoms with E-state index >= 15 is 0 Å². The first-order valence-electron chi connectivity index (χ1n) is 12.3. The van der Waals surface area contributed by atoms with Gasteiger partial charge in [0, 0.05) is 19.2 Å². The van der Waals surface area contributed by atoms with Gasteiger partial charge in [-0.1, -0.05) is 19.3 Å². The fourth-order valence-electron chi connectivity index (χ4n) is 4.37. The summed E-state index contributed by atoms with van der Waals surface area (Å²) >= 11 is 0. The lowest BCUT2D eigenvalue weighted by molar-refractivity contribution is -0.170. The first-order chi connectivity index (χ1) is 17.3. The number of ether oxygens (including phenoxy) is 5. The third-order valence-corrected chi connectivity index (χ3v) is 6.37. The van der Waals surface area contributed by atoms with Crippen LogP contribution in [0.25, 0.3) is 0 Å². The second kappa shape index (κ2) is 13.1. The molecule has 198 valence electrons. The third kappa shape index (κ3) is 7.32. The van der Waals surface area contributed by atoms with Gasteiger partial charge in [0.25, 0.3) is 5.91 Å². The van der Waals surface area contributed by atoms with Gasteiger partial charge >= 0.3 is 17.9 Å². The summed E-state index contributed by atoms with van der Waals surface area (Å²) in [5, 5.41) is 2.67. The molecule has 2 fully saturated rings. The molecule has 1 saturated carbocycles. The van der Waals surface area contributed by atoms with Crippen LogP contribution in [0.3, 0.4) is 0 Å². The molecule has 1 aliphatic carbocycles. The molecule has 0 spiro atoms. The van der Waals surface area contributed by atoms with Crippen molar-refractivity contribution >= 4 is 23.8 Å². The molecule has 1 saturated heterocycles. The predicted octanol–water partition coefficient (Wildman–Crippen LogP) is 2.70. The van der Waals surface area contributed by atoms with Crippen molar-refractivity contribution in [2.24, 2.45) is 5.92 Å². The Labute approximate surface area is 210 Å². The lowest BCUT2D eigenvalue weighted by atomic mass is 10.0. The maximum atomic E-state index is 13.1. The van der Waals surface area contributed by atoms with E-state index in [2.05, 4.69) is 10.3 Å². The summed E-state index contributed by atoms with van der Waals surface area (Å²) in [6, 6.07) is 0.557. The number of cyclic esters (lactones) is 1. The van der Waals surface area contributed by atoms with Crippen molar-refractivity contribution in [1.82, 2.24) is 10.3 Å². The SMILES string of the molecule is COc1ccnc(C(=O)N[C@H]2CCCC[C@@H](OC(=O)C3CCCC3)[C@H](C)OC2=O)c1OCOC(C)=O. The molecule has 0 aromatic carbocycles. The molecule has 0 bridgehead atoms. The number of carbonyl (C=O) groups is 4. The van der Waals surface area contributed by atoms with E-state index in [-0.39, 0.29) is 29.1 Å². The molecule has 1 aromatic rings. The number of aromatic nitrogens is 1. The van der Waals surface area contributed by atoms with E-state index in [1.807, 2.05) is 0 Å². The molecule has 36 heavy (non-hydrogen) atoms. The first-order valence-corrected chi connectivity index (χ1v) is 12.3. The van der Waals surface area contributed by atoms with Crippen molar-refractivity contribution in [3.63, 3.8) is 0 Å². The van der Waals surface area contributed by atoms with Crippen LogP contribution >= 0.6 is 0 Å². The number of methoxy groups -OCH3 is 1. The van der Waals surface area contributed by atoms with Gasteiger partial charge < -0.3 is 29.0 Å². The van der Waals surface area contributed by atoms with E-state index in [1.54, 1.807) is 6.92 Å². The summed E-state index contributed by atoms with van der Waals surface area (Å²) in [5.74, 6) is -1.98. The van der Waals surface area contributed by atoms with Gasteiger partial charge in [-0.2, -0.15) is 0 Å². The molecule has 1 amide bonds. The third-order valence-electron chi connectivity index (χ3n) is 6.37. The van der Waals surface area contributed by atoms with Crippen molar-refractivity contribution in [2.45, 2.75) is 83.5 Å². The number of amides is 1. The molecular weight excluding hydrogens is 472 g/mol. The summed E-state index contributed by atoms with van der Waals surface area (Å²) in [5.41, 5.74) is -0.134. The molecule has 3 rings (SSSR count). The molecule has 2 heterocycles. The van der Waals surface area contributed by atoms with Gasteiger partial charge in [0.1, 0.15) is 18.2 Å². The lowest BCUT2D eigenvalue weighted by Gasteiger charge is -2.25. The molecule has 1 aromatic heterocycles. The van der Waals surface area contributed by atoms with E-state index in [9.17, 15) is 19.2 Å². The predicted molar refractivity (Wildman–Crippen MR) is 125 cm³/mol. The van der Waals surface area contributed by atoms with Crippen molar-refractivity contribution in [3.8, 4) is 11.5 Å². The van der Waals surface area contributed by atoms with Crippen LogP contribution in [-0.2, 0) is 28.6 Å². The van der Waals surface area contributed by atoms with Crippen LogP contribution < -0.4 is 14.8 Å². The van der Waals surface area contributed by atoms with Crippen molar-refractivity contribution in [3.05, 3.63) is 18.0 Å². The topological polar surface area (TPSA) is 139 Å². The quantitative estimate of drug-likeness (QED) is 0.318. The highest BCUT2D eigenvalue weighted by atomic mass is 16.7. The van der Waals surface area contributed by atoms with E-state index in [0.717, 1.165) is 25.7 Å². The number of hydrogen-bond acceptors (Lipinski definition) is 10. The molecule has 11 heteroatoms. The minimum Gasteiger partial charge on any atom is -0.493 e. The van der Waals surface area contributed by atoms with Crippen molar-refractivity contribution in [2.75, 3.05) is 13.9 Å². The Balaban J connectivity index is 1.66. The highest BCUT2D eigenvalue weighted by Crippen LogP contribution is 2.30. The van der Waals surface area contributed by atoms with Crippen molar-refractivity contribution in [1.29, 1.82) is 0 Å². The monoisotopic (exact) mass is 506 g/mol. The van der Waals surface area contributed by atoms with Gasteiger partial charge in [-0.25, -0.2) is 9.78 Å². The largest absolute Gasteiger partial charge is 0.493 e. The number of pyridine rings is 1.